The van der Waals surface area contributed by atoms with Crippen molar-refractivity contribution in [2.75, 3.05) is 5.75 Å². The maximum Gasteiger partial charge on any atom is 0.184 e. The van der Waals surface area contributed by atoms with Crippen LogP contribution in [0, 0.1) is 22.7 Å². The van der Waals surface area contributed by atoms with Crippen molar-refractivity contribution in [1.29, 1.82) is 0 Å². The molecule has 0 aromatic carbocycles. The second kappa shape index (κ2) is 4.77. The summed E-state index contributed by atoms with van der Waals surface area (Å²) in [4.78, 5) is 0. The standard InChI is InChI=1S/C18H34OSSi/c1-13(2)15-11-18(19-21(5,6)7)10-14-8-9-17(18,12-20-15)16(14,3)4/h13-15H,8-12H2,1-7H3/t14-,15-,17+,18+/m1/s1. The van der Waals surface area contributed by atoms with Crippen LogP contribution in [-0.4, -0.2) is 24.9 Å². The SMILES string of the molecule is CC(C)[C@H]1C[C@@]2(O[Si](C)(C)C)C[C@H]3CC[C@]2(CS1)C3(C)C. The summed E-state index contributed by atoms with van der Waals surface area (Å²) in [6.45, 7) is 17.1. The van der Waals surface area contributed by atoms with Gasteiger partial charge in [0.05, 0.1) is 5.60 Å². The Bertz CT molecular complexity index is 427. The first kappa shape index (κ1) is 16.4. The van der Waals surface area contributed by atoms with Gasteiger partial charge in [-0.2, -0.15) is 11.8 Å². The highest BCUT2D eigenvalue weighted by molar-refractivity contribution is 8.00. The monoisotopic (exact) mass is 326 g/mol. The Kier molecular flexibility index (Phi) is 3.72. The Morgan fingerprint density at radius 3 is 2.33 bits per heavy atom. The quantitative estimate of drug-likeness (QED) is 0.627. The van der Waals surface area contributed by atoms with E-state index in [0.717, 1.165) is 17.1 Å². The first-order chi connectivity index (χ1) is 9.53. The lowest BCUT2D eigenvalue weighted by molar-refractivity contribution is -0.0831. The molecule has 1 aliphatic heterocycles. The maximum atomic E-state index is 7.06. The maximum absolute atomic E-state index is 7.06. The number of rotatable bonds is 3. The van der Waals surface area contributed by atoms with E-state index in [1.165, 1.54) is 31.4 Å². The number of hydrogen-bond donors (Lipinski definition) is 0. The minimum absolute atomic E-state index is 0.198. The van der Waals surface area contributed by atoms with Crippen LogP contribution in [0.3, 0.4) is 0 Å². The third kappa shape index (κ3) is 2.21. The van der Waals surface area contributed by atoms with Gasteiger partial charge in [-0.3, -0.25) is 0 Å². The Balaban J connectivity index is 2.01. The second-order valence-corrected chi connectivity index (χ2v) is 15.4. The molecule has 122 valence electrons. The van der Waals surface area contributed by atoms with Gasteiger partial charge in [0.2, 0.25) is 0 Å². The van der Waals surface area contributed by atoms with Crippen LogP contribution in [0.5, 0.6) is 0 Å². The van der Waals surface area contributed by atoms with E-state index in [9.17, 15) is 0 Å². The van der Waals surface area contributed by atoms with Gasteiger partial charge < -0.3 is 4.43 Å². The molecule has 0 unspecified atom stereocenters. The predicted octanol–water partition coefficient (Wildman–Crippen LogP) is 5.56. The second-order valence-electron chi connectivity index (χ2n) is 9.75. The van der Waals surface area contributed by atoms with E-state index >= 15 is 0 Å². The van der Waals surface area contributed by atoms with Gasteiger partial charge >= 0.3 is 0 Å². The molecular formula is C18H34OSSi. The number of hydrogen-bond acceptors (Lipinski definition) is 2. The highest BCUT2D eigenvalue weighted by Crippen LogP contribution is 2.75. The molecule has 2 bridgehead atoms. The molecule has 0 radical (unpaired) electrons. The van der Waals surface area contributed by atoms with E-state index in [1.807, 2.05) is 0 Å². The zero-order valence-electron chi connectivity index (χ0n) is 15.1. The van der Waals surface area contributed by atoms with Crippen LogP contribution in [0.15, 0.2) is 0 Å². The fraction of sp³-hybridized carbons (Fsp3) is 1.00. The average Bonchev–Trinajstić information content (AvgIpc) is 2.66. The minimum Gasteiger partial charge on any atom is -0.411 e. The molecule has 1 spiro atoms. The lowest BCUT2D eigenvalue weighted by Crippen LogP contribution is -2.60. The molecule has 2 aliphatic carbocycles. The van der Waals surface area contributed by atoms with Crippen molar-refractivity contribution in [2.24, 2.45) is 22.7 Å². The van der Waals surface area contributed by atoms with Crippen molar-refractivity contribution >= 4 is 20.1 Å². The van der Waals surface area contributed by atoms with E-state index < -0.39 is 8.32 Å². The van der Waals surface area contributed by atoms with Crippen LogP contribution in [0.25, 0.3) is 0 Å². The van der Waals surface area contributed by atoms with Crippen LogP contribution in [-0.2, 0) is 4.43 Å². The average molecular weight is 327 g/mol. The summed E-state index contributed by atoms with van der Waals surface area (Å²) in [5.41, 5.74) is 1.12. The molecule has 3 aliphatic rings. The summed E-state index contributed by atoms with van der Waals surface area (Å²) < 4.78 is 7.06. The van der Waals surface area contributed by atoms with Gasteiger partial charge in [0.1, 0.15) is 0 Å². The van der Waals surface area contributed by atoms with E-state index in [0.29, 0.717) is 10.8 Å². The molecule has 1 heterocycles. The van der Waals surface area contributed by atoms with Crippen LogP contribution < -0.4 is 0 Å². The van der Waals surface area contributed by atoms with E-state index in [4.69, 9.17) is 4.43 Å². The molecule has 21 heavy (non-hydrogen) atoms. The molecule has 3 rings (SSSR count). The van der Waals surface area contributed by atoms with Crippen molar-refractivity contribution in [3.63, 3.8) is 0 Å². The van der Waals surface area contributed by atoms with Crippen molar-refractivity contribution in [3.8, 4) is 0 Å². The summed E-state index contributed by atoms with van der Waals surface area (Å²) in [6.07, 6.45) is 5.50. The van der Waals surface area contributed by atoms with Gasteiger partial charge in [-0.15, -0.1) is 0 Å². The molecule has 0 amide bonds. The summed E-state index contributed by atoms with van der Waals surface area (Å²) in [5, 5.41) is 0.794. The topological polar surface area (TPSA) is 9.23 Å². The van der Waals surface area contributed by atoms with E-state index in [2.05, 4.69) is 59.1 Å². The van der Waals surface area contributed by atoms with Crippen LogP contribution in [0.2, 0.25) is 19.6 Å². The fourth-order valence-electron chi connectivity index (χ4n) is 5.76. The Hall–Kier alpha value is 0.527. The molecule has 0 aromatic rings. The third-order valence-corrected chi connectivity index (χ3v) is 9.74. The van der Waals surface area contributed by atoms with Gasteiger partial charge in [-0.05, 0) is 62.6 Å². The first-order valence-corrected chi connectivity index (χ1v) is 13.3. The van der Waals surface area contributed by atoms with Crippen LogP contribution in [0.4, 0.5) is 0 Å². The lowest BCUT2D eigenvalue weighted by Gasteiger charge is -2.58. The van der Waals surface area contributed by atoms with Gasteiger partial charge in [0.15, 0.2) is 8.32 Å². The van der Waals surface area contributed by atoms with E-state index in [-0.39, 0.29) is 5.60 Å². The zero-order chi connectivity index (χ0) is 15.7. The van der Waals surface area contributed by atoms with Crippen molar-refractivity contribution < 1.29 is 4.43 Å². The molecule has 3 fully saturated rings. The zero-order valence-corrected chi connectivity index (χ0v) is 16.9. The van der Waals surface area contributed by atoms with Gasteiger partial charge in [-0.1, -0.05) is 27.7 Å². The van der Waals surface area contributed by atoms with Crippen molar-refractivity contribution in [1.82, 2.24) is 0 Å². The first-order valence-electron chi connectivity index (χ1n) is 8.85. The third-order valence-electron chi connectivity index (χ3n) is 6.94. The highest BCUT2D eigenvalue weighted by atomic mass is 32.2. The molecule has 1 saturated heterocycles. The summed E-state index contributed by atoms with van der Waals surface area (Å²) in [7, 11) is -1.52. The molecule has 2 saturated carbocycles. The fourth-order valence-corrected chi connectivity index (χ4v) is 9.34. The van der Waals surface area contributed by atoms with Gasteiger partial charge in [0, 0.05) is 16.4 Å². The molecule has 0 N–H and O–H groups in total. The number of fused-ring (bicyclic) bond motifs is 1. The highest BCUT2D eigenvalue weighted by Gasteiger charge is 2.73. The molecule has 1 nitrogen and oxygen atoms in total. The van der Waals surface area contributed by atoms with Crippen LogP contribution in [0.1, 0.15) is 53.4 Å². The molecule has 4 atom stereocenters. The van der Waals surface area contributed by atoms with E-state index in [1.54, 1.807) is 0 Å². The predicted molar refractivity (Wildman–Crippen MR) is 96.4 cm³/mol. The van der Waals surface area contributed by atoms with Gasteiger partial charge in [-0.25, -0.2) is 0 Å². The summed E-state index contributed by atoms with van der Waals surface area (Å²) >= 11 is 2.26. The Morgan fingerprint density at radius 1 is 1.14 bits per heavy atom. The normalized spacial score (nSPS) is 45.1. The lowest BCUT2D eigenvalue weighted by atomic mass is 9.62. The Labute approximate surface area is 137 Å². The number of thioether (sulfide) groups is 1. The summed E-state index contributed by atoms with van der Waals surface area (Å²) in [5.74, 6) is 3.00. The molecular weight excluding hydrogens is 292 g/mol. The van der Waals surface area contributed by atoms with Crippen molar-refractivity contribution in [2.45, 2.75) is 83.9 Å². The van der Waals surface area contributed by atoms with Crippen LogP contribution >= 0.6 is 11.8 Å². The van der Waals surface area contributed by atoms with Gasteiger partial charge in [0.25, 0.3) is 0 Å². The summed E-state index contributed by atoms with van der Waals surface area (Å²) in [6, 6.07) is 0. The Morgan fingerprint density at radius 2 is 1.81 bits per heavy atom. The van der Waals surface area contributed by atoms with Crippen molar-refractivity contribution in [3.05, 3.63) is 0 Å². The molecule has 0 aromatic heterocycles. The largest absolute Gasteiger partial charge is 0.411 e. The molecule has 3 heteroatoms. The minimum atomic E-state index is -1.52. The smallest absolute Gasteiger partial charge is 0.184 e.